The Morgan fingerprint density at radius 2 is 2.11 bits per heavy atom. The fourth-order valence-electron chi connectivity index (χ4n) is 2.40. The Labute approximate surface area is 166 Å². The van der Waals surface area contributed by atoms with Crippen LogP contribution in [0, 0.1) is 6.92 Å². The van der Waals surface area contributed by atoms with Gasteiger partial charge in [0.1, 0.15) is 11.4 Å². The van der Waals surface area contributed by atoms with Crippen LogP contribution in [0.4, 0.5) is 0 Å². The van der Waals surface area contributed by atoms with Crippen molar-refractivity contribution in [2.75, 3.05) is 6.54 Å². The second-order valence-electron chi connectivity index (χ2n) is 5.96. The van der Waals surface area contributed by atoms with Gasteiger partial charge in [-0.2, -0.15) is 10.2 Å². The van der Waals surface area contributed by atoms with E-state index in [0.717, 1.165) is 12.0 Å². The summed E-state index contributed by atoms with van der Waals surface area (Å²) >= 11 is 11.8. The maximum Gasteiger partial charge on any atom is 0.271 e. The van der Waals surface area contributed by atoms with Crippen molar-refractivity contribution in [2.45, 2.75) is 26.6 Å². The fourth-order valence-corrected chi connectivity index (χ4v) is 2.67. The number of rotatable bonds is 8. The van der Waals surface area contributed by atoms with Crippen molar-refractivity contribution in [1.29, 1.82) is 0 Å². The Balaban J connectivity index is 1.43. The van der Waals surface area contributed by atoms with Gasteiger partial charge in [-0.05, 0) is 43.2 Å². The first-order valence-electron chi connectivity index (χ1n) is 8.40. The highest BCUT2D eigenvalue weighted by Crippen LogP contribution is 2.21. The normalized spacial score (nSPS) is 10.8. The molecule has 9 heteroatoms. The molecule has 3 rings (SSSR count). The van der Waals surface area contributed by atoms with Crippen molar-refractivity contribution in [2.24, 2.45) is 0 Å². The first-order chi connectivity index (χ1) is 13.0. The first kappa shape index (κ1) is 19.3. The molecule has 1 N–H and O–H groups in total. The van der Waals surface area contributed by atoms with Crippen LogP contribution in [-0.4, -0.2) is 32.0 Å². The van der Waals surface area contributed by atoms with Gasteiger partial charge in [0.05, 0.1) is 11.2 Å². The summed E-state index contributed by atoms with van der Waals surface area (Å²) in [6, 6.07) is 7.08. The third-order valence-corrected chi connectivity index (χ3v) is 4.44. The van der Waals surface area contributed by atoms with Gasteiger partial charge in [0, 0.05) is 30.5 Å². The molecule has 0 bridgehead atoms. The van der Waals surface area contributed by atoms with Crippen molar-refractivity contribution in [1.82, 2.24) is 24.9 Å². The number of nitrogens with zero attached hydrogens (tertiary/aromatic N) is 4. The molecule has 1 aromatic carbocycles. The summed E-state index contributed by atoms with van der Waals surface area (Å²) in [5, 5.41) is 12.4. The van der Waals surface area contributed by atoms with Gasteiger partial charge in [0.25, 0.3) is 5.91 Å². The van der Waals surface area contributed by atoms with Crippen LogP contribution in [0.3, 0.4) is 0 Å². The fraction of sp³-hybridized carbons (Fsp3) is 0.278. The summed E-state index contributed by atoms with van der Waals surface area (Å²) in [6.07, 6.45) is 5.76. The van der Waals surface area contributed by atoms with E-state index in [-0.39, 0.29) is 12.6 Å². The molecule has 0 atom stereocenters. The number of halogens is 2. The summed E-state index contributed by atoms with van der Waals surface area (Å²) < 4.78 is 8.96. The van der Waals surface area contributed by atoms with E-state index >= 15 is 0 Å². The van der Waals surface area contributed by atoms with E-state index in [9.17, 15) is 4.79 Å². The Bertz CT molecular complexity index is 922. The van der Waals surface area contributed by atoms with Crippen molar-refractivity contribution >= 4 is 29.1 Å². The molecular weight excluding hydrogens is 389 g/mol. The number of nitrogens with one attached hydrogen (secondary N) is 1. The molecule has 7 nitrogen and oxygen atoms in total. The maximum atomic E-state index is 12.1. The molecule has 27 heavy (non-hydrogen) atoms. The molecule has 0 radical (unpaired) electrons. The molecule has 0 fully saturated rings. The third kappa shape index (κ3) is 5.48. The smallest absolute Gasteiger partial charge is 0.271 e. The molecule has 142 valence electrons. The Morgan fingerprint density at radius 3 is 2.85 bits per heavy atom. The quantitative estimate of drug-likeness (QED) is 0.579. The lowest BCUT2D eigenvalue weighted by Gasteiger charge is -2.07. The average molecular weight is 408 g/mol. The van der Waals surface area contributed by atoms with Crippen LogP contribution in [0.5, 0.6) is 5.75 Å². The highest BCUT2D eigenvalue weighted by Gasteiger charge is 2.09. The zero-order valence-electron chi connectivity index (χ0n) is 14.7. The van der Waals surface area contributed by atoms with Gasteiger partial charge in [0.2, 0.25) is 0 Å². The predicted octanol–water partition coefficient (Wildman–Crippen LogP) is 3.55. The van der Waals surface area contributed by atoms with E-state index in [1.807, 2.05) is 13.0 Å². The van der Waals surface area contributed by atoms with Crippen LogP contribution in [0.25, 0.3) is 0 Å². The van der Waals surface area contributed by atoms with Crippen molar-refractivity contribution in [3.05, 3.63) is 64.2 Å². The van der Waals surface area contributed by atoms with Crippen LogP contribution in [0.1, 0.15) is 22.5 Å². The largest absolute Gasteiger partial charge is 0.471 e. The van der Waals surface area contributed by atoms with E-state index in [2.05, 4.69) is 15.5 Å². The number of ether oxygens (including phenoxy) is 1. The van der Waals surface area contributed by atoms with Gasteiger partial charge in [-0.1, -0.05) is 23.2 Å². The summed E-state index contributed by atoms with van der Waals surface area (Å²) in [5.41, 5.74) is 1.28. The average Bonchev–Trinajstić information content (AvgIpc) is 3.28. The number of hydrogen-bond donors (Lipinski definition) is 1. The highest BCUT2D eigenvalue weighted by molar-refractivity contribution is 6.31. The van der Waals surface area contributed by atoms with E-state index < -0.39 is 0 Å². The first-order valence-corrected chi connectivity index (χ1v) is 9.15. The van der Waals surface area contributed by atoms with Crippen LogP contribution in [-0.2, 0) is 13.3 Å². The van der Waals surface area contributed by atoms with E-state index in [1.54, 1.807) is 46.2 Å². The second-order valence-corrected chi connectivity index (χ2v) is 6.80. The van der Waals surface area contributed by atoms with Crippen LogP contribution in [0.15, 0.2) is 42.9 Å². The van der Waals surface area contributed by atoms with E-state index in [4.69, 9.17) is 27.9 Å². The molecule has 1 amide bonds. The molecule has 0 unspecified atom stereocenters. The van der Waals surface area contributed by atoms with Crippen molar-refractivity contribution < 1.29 is 9.53 Å². The molecule has 0 saturated heterocycles. The monoisotopic (exact) mass is 407 g/mol. The van der Waals surface area contributed by atoms with E-state index in [0.29, 0.717) is 34.6 Å². The summed E-state index contributed by atoms with van der Waals surface area (Å²) in [7, 11) is 0. The maximum absolute atomic E-state index is 12.1. The summed E-state index contributed by atoms with van der Waals surface area (Å²) in [4.78, 5) is 12.1. The minimum atomic E-state index is -0.227. The van der Waals surface area contributed by atoms with Crippen LogP contribution >= 0.6 is 23.2 Å². The summed E-state index contributed by atoms with van der Waals surface area (Å²) in [5.74, 6) is 0.465. The predicted molar refractivity (Wildman–Crippen MR) is 103 cm³/mol. The number of hydrogen-bond acceptors (Lipinski definition) is 4. The highest BCUT2D eigenvalue weighted by atomic mass is 35.5. The number of carbonyl (C=O) groups is 1. The molecule has 0 aliphatic heterocycles. The topological polar surface area (TPSA) is 74.0 Å². The standard InChI is InChI=1S/C18H19Cl2N5O2/c1-13-9-15(3-4-16(13)20)27-12-25-8-5-17(23-25)18(26)21-6-2-7-24-11-14(19)10-22-24/h3-5,8-11H,2,6-7,12H2,1H3,(H,21,26). The Hall–Kier alpha value is -2.51. The van der Waals surface area contributed by atoms with Gasteiger partial charge >= 0.3 is 0 Å². The molecule has 0 aliphatic rings. The number of carbonyl (C=O) groups excluding carboxylic acids is 1. The minimum absolute atomic E-state index is 0.203. The Kier molecular flexibility index (Phi) is 6.36. The number of benzene rings is 1. The number of amides is 1. The SMILES string of the molecule is Cc1cc(OCn2ccc(C(=O)NCCCn3cc(Cl)cn3)n2)ccc1Cl. The van der Waals surface area contributed by atoms with Crippen molar-refractivity contribution in [3.63, 3.8) is 0 Å². The zero-order chi connectivity index (χ0) is 19.2. The number of aryl methyl sites for hydroxylation is 2. The lowest BCUT2D eigenvalue weighted by molar-refractivity contribution is 0.0945. The van der Waals surface area contributed by atoms with Gasteiger partial charge < -0.3 is 10.1 Å². The molecule has 0 saturated carbocycles. The van der Waals surface area contributed by atoms with Gasteiger partial charge in [-0.25, -0.2) is 4.68 Å². The van der Waals surface area contributed by atoms with Crippen LogP contribution in [0.2, 0.25) is 10.0 Å². The molecule has 0 spiro atoms. The van der Waals surface area contributed by atoms with Gasteiger partial charge in [0.15, 0.2) is 6.73 Å². The second kappa shape index (κ2) is 8.92. The lowest BCUT2D eigenvalue weighted by atomic mass is 10.2. The molecule has 3 aromatic rings. The van der Waals surface area contributed by atoms with Crippen molar-refractivity contribution in [3.8, 4) is 5.75 Å². The van der Waals surface area contributed by atoms with Gasteiger partial charge in [-0.3, -0.25) is 9.48 Å². The molecule has 0 aliphatic carbocycles. The van der Waals surface area contributed by atoms with Gasteiger partial charge in [-0.15, -0.1) is 0 Å². The lowest BCUT2D eigenvalue weighted by Crippen LogP contribution is -2.26. The molecular formula is C18H19Cl2N5O2. The Morgan fingerprint density at radius 1 is 1.26 bits per heavy atom. The number of aromatic nitrogens is 4. The summed E-state index contributed by atoms with van der Waals surface area (Å²) in [6.45, 7) is 3.31. The molecule has 2 aromatic heterocycles. The van der Waals surface area contributed by atoms with Crippen LogP contribution < -0.4 is 10.1 Å². The zero-order valence-corrected chi connectivity index (χ0v) is 16.2. The third-order valence-electron chi connectivity index (χ3n) is 3.82. The molecule has 2 heterocycles. The van der Waals surface area contributed by atoms with E-state index in [1.165, 1.54) is 0 Å². The minimum Gasteiger partial charge on any atom is -0.471 e.